The van der Waals surface area contributed by atoms with Crippen LogP contribution in [-0.2, 0) is 12.7 Å². The molecule has 0 spiro atoms. The number of nitrogens with zero attached hydrogens (tertiary/aromatic N) is 5. The Morgan fingerprint density at radius 1 is 1.02 bits per heavy atom. The van der Waals surface area contributed by atoms with Crippen molar-refractivity contribution >= 4 is 50.0 Å². The predicted octanol–water partition coefficient (Wildman–Crippen LogP) is 8.43. The Balaban J connectivity index is 1.44. The van der Waals surface area contributed by atoms with Gasteiger partial charge in [-0.25, -0.2) is 14.2 Å². The molecule has 6 rings (SSSR count). The maximum Gasteiger partial charge on any atom is 0.417 e. The van der Waals surface area contributed by atoms with E-state index < -0.39 is 40.2 Å². The highest BCUT2D eigenvalue weighted by Gasteiger charge is 2.37. The smallest absolute Gasteiger partial charge is 0.417 e. The fourth-order valence-corrected chi connectivity index (χ4v) is 7.14. The van der Waals surface area contributed by atoms with Crippen LogP contribution in [-0.4, -0.2) is 37.2 Å². The molecule has 0 saturated carbocycles. The Kier molecular flexibility index (Phi) is 8.83. The maximum absolute atomic E-state index is 14.8. The molecule has 50 heavy (non-hydrogen) atoms. The maximum atomic E-state index is 14.8. The highest BCUT2D eigenvalue weighted by Crippen LogP contribution is 2.43. The quantitative estimate of drug-likeness (QED) is 0.163. The van der Waals surface area contributed by atoms with E-state index in [0.29, 0.717) is 32.9 Å². The zero-order valence-corrected chi connectivity index (χ0v) is 28.2. The molecular formula is C35H24ClF4N5O4S. The van der Waals surface area contributed by atoms with E-state index in [2.05, 4.69) is 15.0 Å². The molecule has 0 amide bonds. The van der Waals surface area contributed by atoms with Crippen LogP contribution in [0.4, 0.5) is 17.6 Å². The number of pyridine rings is 2. The first-order valence-electron chi connectivity index (χ1n) is 14.8. The summed E-state index contributed by atoms with van der Waals surface area (Å²) in [6.45, 7) is 5.91. The summed E-state index contributed by atoms with van der Waals surface area (Å²) < 4.78 is 65.7. The lowest BCUT2D eigenvalue weighted by molar-refractivity contribution is -0.137. The molecule has 0 bridgehead atoms. The molecule has 2 aromatic carbocycles. The van der Waals surface area contributed by atoms with Crippen molar-refractivity contribution in [1.82, 2.24) is 19.5 Å². The SMILES string of the molecule is Cc1cc(-c2c(C(F)(F)F)cc3nc(C)n(CCOc4cc(F)c(Cl)cc4-c4cc(C)nc5c(C(=O)O)csc45)c(=O)c3c2C#N)cc(C)n1. The predicted molar refractivity (Wildman–Crippen MR) is 180 cm³/mol. The first-order chi connectivity index (χ1) is 23.6. The molecule has 0 aliphatic rings. The number of thiophene rings is 1. The lowest BCUT2D eigenvalue weighted by Gasteiger charge is -2.19. The van der Waals surface area contributed by atoms with Crippen molar-refractivity contribution in [3.05, 3.63) is 103 Å². The molecule has 0 aliphatic heterocycles. The Bertz CT molecular complexity index is 2490. The van der Waals surface area contributed by atoms with Gasteiger partial charge in [0.25, 0.3) is 5.56 Å². The van der Waals surface area contributed by atoms with Crippen LogP contribution in [0.15, 0.2) is 46.6 Å². The molecule has 0 fully saturated rings. The number of carbonyl (C=O) groups is 1. The molecule has 0 radical (unpaired) electrons. The van der Waals surface area contributed by atoms with Gasteiger partial charge in [0.2, 0.25) is 0 Å². The van der Waals surface area contributed by atoms with Crippen LogP contribution in [0, 0.1) is 44.8 Å². The van der Waals surface area contributed by atoms with Crippen molar-refractivity contribution in [2.45, 2.75) is 40.4 Å². The van der Waals surface area contributed by atoms with Crippen molar-refractivity contribution in [2.75, 3.05) is 6.61 Å². The Labute approximate surface area is 290 Å². The minimum Gasteiger partial charge on any atom is -0.491 e. The van der Waals surface area contributed by atoms with Gasteiger partial charge in [-0.15, -0.1) is 11.3 Å². The lowest BCUT2D eigenvalue weighted by atomic mass is 9.91. The van der Waals surface area contributed by atoms with E-state index in [-0.39, 0.29) is 57.3 Å². The number of ether oxygens (including phenoxy) is 1. The summed E-state index contributed by atoms with van der Waals surface area (Å²) in [7, 11) is 0. The van der Waals surface area contributed by atoms with Crippen LogP contribution >= 0.6 is 22.9 Å². The minimum atomic E-state index is -4.87. The lowest BCUT2D eigenvalue weighted by Crippen LogP contribution is -2.27. The number of carboxylic acids is 1. The van der Waals surface area contributed by atoms with Crippen LogP contribution in [0.5, 0.6) is 5.75 Å². The Hall–Kier alpha value is -5.39. The van der Waals surface area contributed by atoms with Crippen LogP contribution in [0.3, 0.4) is 0 Å². The number of fused-ring (bicyclic) bond motifs is 2. The zero-order chi connectivity index (χ0) is 36.2. The summed E-state index contributed by atoms with van der Waals surface area (Å²) in [5.74, 6) is -1.87. The summed E-state index contributed by atoms with van der Waals surface area (Å²) in [6.07, 6.45) is -4.87. The van der Waals surface area contributed by atoms with Gasteiger partial charge in [0.05, 0.1) is 49.4 Å². The highest BCUT2D eigenvalue weighted by molar-refractivity contribution is 7.18. The van der Waals surface area contributed by atoms with Gasteiger partial charge in [0, 0.05) is 45.2 Å². The number of aromatic nitrogens is 4. The first kappa shape index (κ1) is 34.5. The van der Waals surface area contributed by atoms with Crippen LogP contribution < -0.4 is 10.3 Å². The summed E-state index contributed by atoms with van der Waals surface area (Å²) in [5.41, 5.74) is -0.612. The van der Waals surface area contributed by atoms with Gasteiger partial charge >= 0.3 is 12.1 Å². The van der Waals surface area contributed by atoms with E-state index in [4.69, 9.17) is 16.3 Å². The van der Waals surface area contributed by atoms with Crippen LogP contribution in [0.1, 0.15) is 44.4 Å². The van der Waals surface area contributed by atoms with E-state index in [1.165, 1.54) is 35.1 Å². The van der Waals surface area contributed by atoms with Crippen LogP contribution in [0.25, 0.3) is 43.4 Å². The van der Waals surface area contributed by atoms with E-state index >= 15 is 0 Å². The molecule has 15 heteroatoms. The number of aryl methyl sites for hydroxylation is 4. The number of halogens is 5. The van der Waals surface area contributed by atoms with E-state index in [0.717, 1.165) is 23.5 Å². The molecular weight excluding hydrogens is 698 g/mol. The van der Waals surface area contributed by atoms with Crippen molar-refractivity contribution < 1.29 is 32.2 Å². The first-order valence-corrected chi connectivity index (χ1v) is 16.1. The van der Waals surface area contributed by atoms with Gasteiger partial charge in [0.1, 0.15) is 30.1 Å². The molecule has 0 saturated heterocycles. The normalized spacial score (nSPS) is 11.7. The summed E-state index contributed by atoms with van der Waals surface area (Å²) in [6, 6.07) is 9.52. The fraction of sp³-hybridized carbons (Fsp3) is 0.200. The van der Waals surface area contributed by atoms with Crippen molar-refractivity contribution in [3.8, 4) is 34.1 Å². The average molecular weight is 722 g/mol. The Morgan fingerprint density at radius 3 is 2.34 bits per heavy atom. The number of nitriles is 1. The largest absolute Gasteiger partial charge is 0.491 e. The average Bonchev–Trinajstić information content (AvgIpc) is 3.46. The molecule has 0 atom stereocenters. The number of hydrogen-bond acceptors (Lipinski definition) is 8. The van der Waals surface area contributed by atoms with Gasteiger partial charge in [-0.1, -0.05) is 11.6 Å². The number of rotatable bonds is 7. The third kappa shape index (κ3) is 6.14. The fourth-order valence-electron chi connectivity index (χ4n) is 5.96. The van der Waals surface area contributed by atoms with E-state index in [9.17, 15) is 37.5 Å². The minimum absolute atomic E-state index is 0.000678. The molecule has 1 N–H and O–H groups in total. The Morgan fingerprint density at radius 2 is 1.70 bits per heavy atom. The number of benzene rings is 2. The number of aromatic carboxylic acids is 1. The topological polar surface area (TPSA) is 131 Å². The second-order valence-electron chi connectivity index (χ2n) is 11.5. The second kappa shape index (κ2) is 12.8. The molecule has 4 heterocycles. The highest BCUT2D eigenvalue weighted by atomic mass is 35.5. The van der Waals surface area contributed by atoms with Gasteiger partial charge in [-0.3, -0.25) is 19.3 Å². The van der Waals surface area contributed by atoms with Gasteiger partial charge in [0.15, 0.2) is 0 Å². The van der Waals surface area contributed by atoms with Gasteiger partial charge < -0.3 is 9.84 Å². The summed E-state index contributed by atoms with van der Waals surface area (Å²) in [4.78, 5) is 38.6. The van der Waals surface area contributed by atoms with E-state index in [1.54, 1.807) is 26.8 Å². The third-order valence-electron chi connectivity index (χ3n) is 7.99. The van der Waals surface area contributed by atoms with Crippen molar-refractivity contribution in [3.63, 3.8) is 0 Å². The molecule has 0 aliphatic carbocycles. The molecule has 9 nitrogen and oxygen atoms in total. The number of hydrogen-bond donors (Lipinski definition) is 1. The third-order valence-corrected chi connectivity index (χ3v) is 9.28. The number of alkyl halides is 3. The summed E-state index contributed by atoms with van der Waals surface area (Å²) in [5, 5.41) is 20.8. The van der Waals surface area contributed by atoms with Gasteiger partial charge in [-0.2, -0.15) is 18.4 Å². The summed E-state index contributed by atoms with van der Waals surface area (Å²) >= 11 is 7.29. The second-order valence-corrected chi connectivity index (χ2v) is 12.8. The van der Waals surface area contributed by atoms with Gasteiger partial charge in [-0.05, 0) is 63.6 Å². The van der Waals surface area contributed by atoms with Crippen LogP contribution in [0.2, 0.25) is 5.02 Å². The monoisotopic (exact) mass is 721 g/mol. The van der Waals surface area contributed by atoms with E-state index in [1.807, 2.05) is 6.07 Å². The standard InChI is InChI=1S/C35H24ClF4N5O4S/c1-15-7-19(8-16(2)42-15)29-22(13-41)30-27(11-24(29)35(38,39)40)44-18(4)45(33(30)46)5-6-49-28-12-26(37)25(36)10-20(28)21-9-17(3)43-31-23(34(47)48)14-50-32(21)31/h7-12,14H,5-6H2,1-4H3,(H,47,48). The number of carboxylic acid groups (broad SMARTS) is 1. The molecule has 254 valence electrons. The van der Waals surface area contributed by atoms with Crippen molar-refractivity contribution in [1.29, 1.82) is 5.26 Å². The zero-order valence-electron chi connectivity index (χ0n) is 26.7. The van der Waals surface area contributed by atoms with Crippen molar-refractivity contribution in [2.24, 2.45) is 0 Å². The molecule has 0 unspecified atom stereocenters. The molecule has 6 aromatic rings. The molecule has 4 aromatic heterocycles.